The van der Waals surface area contributed by atoms with Crippen molar-refractivity contribution in [3.63, 3.8) is 0 Å². The molecule has 1 rings (SSSR count). The molecular weight excluding hydrogens is 266 g/mol. The summed E-state index contributed by atoms with van der Waals surface area (Å²) in [5.74, 6) is 0. The molecule has 0 aliphatic rings. The molecule has 0 aliphatic carbocycles. The SMILES string of the molecule is CCCCCCOCc1ccc(Br)cc1N. The van der Waals surface area contributed by atoms with Crippen LogP contribution in [0.2, 0.25) is 0 Å². The molecule has 0 fully saturated rings. The highest BCUT2D eigenvalue weighted by Crippen LogP contribution is 2.19. The average molecular weight is 286 g/mol. The molecule has 1 aromatic rings. The molecule has 2 nitrogen and oxygen atoms in total. The molecule has 0 spiro atoms. The molecule has 90 valence electrons. The summed E-state index contributed by atoms with van der Waals surface area (Å²) in [6.45, 7) is 3.66. The Morgan fingerprint density at radius 2 is 2.06 bits per heavy atom. The maximum atomic E-state index is 5.87. The highest BCUT2D eigenvalue weighted by molar-refractivity contribution is 9.10. The molecule has 0 saturated heterocycles. The first-order valence-electron chi connectivity index (χ1n) is 5.85. The summed E-state index contributed by atoms with van der Waals surface area (Å²) in [6, 6.07) is 5.91. The van der Waals surface area contributed by atoms with Crippen LogP contribution in [0.15, 0.2) is 22.7 Å². The fraction of sp³-hybridized carbons (Fsp3) is 0.538. The van der Waals surface area contributed by atoms with Gasteiger partial charge in [-0.1, -0.05) is 48.2 Å². The standard InChI is InChI=1S/C13H20BrNO/c1-2-3-4-5-8-16-10-11-6-7-12(14)9-13(11)15/h6-7,9H,2-5,8,10,15H2,1H3. The van der Waals surface area contributed by atoms with E-state index in [0.29, 0.717) is 6.61 Å². The molecule has 0 unspecified atom stereocenters. The van der Waals surface area contributed by atoms with Crippen LogP contribution in [0, 0.1) is 0 Å². The lowest BCUT2D eigenvalue weighted by molar-refractivity contribution is 0.117. The molecule has 0 radical (unpaired) electrons. The van der Waals surface area contributed by atoms with Crippen molar-refractivity contribution in [3.8, 4) is 0 Å². The van der Waals surface area contributed by atoms with E-state index in [1.165, 1.54) is 19.3 Å². The monoisotopic (exact) mass is 285 g/mol. The number of halogens is 1. The van der Waals surface area contributed by atoms with E-state index in [1.54, 1.807) is 0 Å². The Hall–Kier alpha value is -0.540. The van der Waals surface area contributed by atoms with Crippen LogP contribution in [0.1, 0.15) is 38.2 Å². The van der Waals surface area contributed by atoms with E-state index in [1.807, 2.05) is 18.2 Å². The summed E-state index contributed by atoms with van der Waals surface area (Å²) >= 11 is 3.39. The highest BCUT2D eigenvalue weighted by atomic mass is 79.9. The molecule has 0 aliphatic heterocycles. The minimum absolute atomic E-state index is 0.616. The van der Waals surface area contributed by atoms with Gasteiger partial charge in [0.1, 0.15) is 0 Å². The van der Waals surface area contributed by atoms with E-state index in [-0.39, 0.29) is 0 Å². The third kappa shape index (κ3) is 4.99. The van der Waals surface area contributed by atoms with Crippen LogP contribution in [0.25, 0.3) is 0 Å². The van der Waals surface area contributed by atoms with E-state index < -0.39 is 0 Å². The lowest BCUT2D eigenvalue weighted by Gasteiger charge is -2.07. The van der Waals surface area contributed by atoms with Gasteiger partial charge in [-0.3, -0.25) is 0 Å². The zero-order chi connectivity index (χ0) is 11.8. The summed E-state index contributed by atoms with van der Waals surface area (Å²) in [4.78, 5) is 0. The minimum Gasteiger partial charge on any atom is -0.398 e. The molecule has 0 bridgehead atoms. The van der Waals surface area contributed by atoms with E-state index in [2.05, 4.69) is 22.9 Å². The number of anilines is 1. The normalized spacial score (nSPS) is 10.6. The number of unbranched alkanes of at least 4 members (excludes halogenated alkanes) is 3. The minimum atomic E-state index is 0.616. The first-order valence-corrected chi connectivity index (χ1v) is 6.65. The Bertz CT molecular complexity index is 315. The van der Waals surface area contributed by atoms with Gasteiger partial charge in [0.15, 0.2) is 0 Å². The molecule has 3 heteroatoms. The van der Waals surface area contributed by atoms with E-state index >= 15 is 0 Å². The van der Waals surface area contributed by atoms with Crippen LogP contribution >= 0.6 is 15.9 Å². The third-order valence-corrected chi connectivity index (χ3v) is 3.00. The second kappa shape index (κ2) is 7.69. The van der Waals surface area contributed by atoms with Crippen molar-refractivity contribution in [2.75, 3.05) is 12.3 Å². The Balaban J connectivity index is 2.21. The average Bonchev–Trinajstić information content (AvgIpc) is 2.26. The predicted octanol–water partition coefficient (Wildman–Crippen LogP) is 4.13. The van der Waals surface area contributed by atoms with Gasteiger partial charge in [0, 0.05) is 22.3 Å². The van der Waals surface area contributed by atoms with Gasteiger partial charge in [-0.05, 0) is 18.6 Å². The second-order valence-corrected chi connectivity index (χ2v) is 4.87. The van der Waals surface area contributed by atoms with Crippen LogP contribution in [-0.4, -0.2) is 6.61 Å². The summed E-state index contributed by atoms with van der Waals surface area (Å²) in [7, 11) is 0. The van der Waals surface area contributed by atoms with Gasteiger partial charge in [0.25, 0.3) is 0 Å². The largest absolute Gasteiger partial charge is 0.398 e. The van der Waals surface area contributed by atoms with Gasteiger partial charge in [0.2, 0.25) is 0 Å². The number of nitrogen functional groups attached to an aromatic ring is 1. The Morgan fingerprint density at radius 3 is 2.75 bits per heavy atom. The van der Waals surface area contributed by atoms with Crippen molar-refractivity contribution in [1.82, 2.24) is 0 Å². The van der Waals surface area contributed by atoms with Crippen LogP contribution < -0.4 is 5.73 Å². The quantitative estimate of drug-likeness (QED) is 0.604. The fourth-order valence-corrected chi connectivity index (χ4v) is 1.89. The topological polar surface area (TPSA) is 35.2 Å². The Morgan fingerprint density at radius 1 is 1.25 bits per heavy atom. The second-order valence-electron chi connectivity index (χ2n) is 3.96. The molecule has 0 amide bonds. The lowest BCUT2D eigenvalue weighted by Crippen LogP contribution is -1.99. The van der Waals surface area contributed by atoms with Gasteiger partial charge in [0.05, 0.1) is 6.61 Å². The smallest absolute Gasteiger partial charge is 0.0736 e. The summed E-state index contributed by atoms with van der Waals surface area (Å²) < 4.78 is 6.60. The number of hydrogen-bond acceptors (Lipinski definition) is 2. The molecular formula is C13H20BrNO. The number of nitrogens with two attached hydrogens (primary N) is 1. The number of rotatable bonds is 7. The molecule has 0 atom stereocenters. The van der Waals surface area contributed by atoms with Crippen LogP contribution in [-0.2, 0) is 11.3 Å². The van der Waals surface area contributed by atoms with Crippen molar-refractivity contribution in [1.29, 1.82) is 0 Å². The first-order chi connectivity index (χ1) is 7.74. The number of benzene rings is 1. The van der Waals surface area contributed by atoms with Gasteiger partial charge in [-0.2, -0.15) is 0 Å². The summed E-state index contributed by atoms with van der Waals surface area (Å²) in [6.07, 6.45) is 4.96. The van der Waals surface area contributed by atoms with Crippen molar-refractivity contribution in [3.05, 3.63) is 28.2 Å². The van der Waals surface area contributed by atoms with Crippen molar-refractivity contribution in [2.45, 2.75) is 39.2 Å². The van der Waals surface area contributed by atoms with Crippen molar-refractivity contribution >= 4 is 21.6 Å². The first kappa shape index (κ1) is 13.5. The fourth-order valence-electron chi connectivity index (χ4n) is 1.51. The Kier molecular flexibility index (Phi) is 6.50. The molecule has 0 heterocycles. The zero-order valence-electron chi connectivity index (χ0n) is 9.84. The van der Waals surface area contributed by atoms with Crippen LogP contribution in [0.5, 0.6) is 0 Å². The van der Waals surface area contributed by atoms with Crippen molar-refractivity contribution in [2.24, 2.45) is 0 Å². The summed E-state index contributed by atoms with van der Waals surface area (Å²) in [5, 5.41) is 0. The van der Waals surface area contributed by atoms with Gasteiger partial charge >= 0.3 is 0 Å². The predicted molar refractivity (Wildman–Crippen MR) is 72.4 cm³/mol. The van der Waals surface area contributed by atoms with Gasteiger partial charge in [-0.15, -0.1) is 0 Å². The third-order valence-electron chi connectivity index (χ3n) is 2.51. The molecule has 16 heavy (non-hydrogen) atoms. The van der Waals surface area contributed by atoms with E-state index in [4.69, 9.17) is 10.5 Å². The molecule has 1 aromatic carbocycles. The van der Waals surface area contributed by atoms with Gasteiger partial charge < -0.3 is 10.5 Å². The van der Waals surface area contributed by atoms with E-state index in [9.17, 15) is 0 Å². The zero-order valence-corrected chi connectivity index (χ0v) is 11.4. The van der Waals surface area contributed by atoms with Crippen LogP contribution in [0.3, 0.4) is 0 Å². The molecule has 0 aromatic heterocycles. The maximum Gasteiger partial charge on any atom is 0.0736 e. The highest BCUT2D eigenvalue weighted by Gasteiger charge is 1.99. The van der Waals surface area contributed by atoms with Gasteiger partial charge in [-0.25, -0.2) is 0 Å². The molecule has 0 saturated carbocycles. The molecule has 2 N–H and O–H groups in total. The lowest BCUT2D eigenvalue weighted by atomic mass is 10.2. The maximum absolute atomic E-state index is 5.87. The van der Waals surface area contributed by atoms with Crippen molar-refractivity contribution < 1.29 is 4.74 Å². The summed E-state index contributed by atoms with van der Waals surface area (Å²) in [5.41, 5.74) is 7.74. The van der Waals surface area contributed by atoms with E-state index in [0.717, 1.165) is 28.8 Å². The Labute approximate surface area is 106 Å². The number of ether oxygens (including phenoxy) is 1. The van der Waals surface area contributed by atoms with Crippen LogP contribution in [0.4, 0.5) is 5.69 Å². The number of hydrogen-bond donors (Lipinski definition) is 1.